The molecule has 0 radical (unpaired) electrons. The van der Waals surface area contributed by atoms with Gasteiger partial charge in [0.25, 0.3) is 5.91 Å². The molecule has 1 saturated heterocycles. The van der Waals surface area contributed by atoms with Crippen molar-refractivity contribution in [3.8, 4) is 11.4 Å². The van der Waals surface area contributed by atoms with Gasteiger partial charge in [-0.05, 0) is 69.4 Å². The molecule has 0 spiro atoms. The second-order valence-corrected chi connectivity index (χ2v) is 10.00. The number of carbonyl (C=O) groups is 1. The fourth-order valence-electron chi connectivity index (χ4n) is 4.56. The number of benzene rings is 3. The molecule has 35 heavy (non-hydrogen) atoms. The lowest BCUT2D eigenvalue weighted by atomic mass is 10.1. The zero-order chi connectivity index (χ0) is 24.7. The van der Waals surface area contributed by atoms with Crippen LogP contribution in [-0.2, 0) is 0 Å². The van der Waals surface area contributed by atoms with E-state index in [1.54, 1.807) is 18.2 Å². The SMILES string of the molecule is C[C@@H]1CN(c2ccc(C(=O)Nc3ccc(Cl)c(-c4nc5ccccc5[nH]4)c3)c(Cl)c2)C[C@H](C)N1C. The number of fused-ring (bicyclic) bond motifs is 1. The third-order valence-corrected chi connectivity index (χ3v) is 7.43. The first-order valence-corrected chi connectivity index (χ1v) is 12.4. The van der Waals surface area contributed by atoms with Crippen LogP contribution >= 0.6 is 23.2 Å². The lowest BCUT2D eigenvalue weighted by Crippen LogP contribution is -2.55. The molecule has 1 fully saturated rings. The van der Waals surface area contributed by atoms with Gasteiger partial charge in [0.15, 0.2) is 0 Å². The Hall–Kier alpha value is -3.06. The van der Waals surface area contributed by atoms with E-state index in [4.69, 9.17) is 23.2 Å². The number of rotatable bonds is 4. The molecule has 1 aliphatic heterocycles. The normalized spacial score (nSPS) is 18.7. The maximum absolute atomic E-state index is 13.1. The predicted octanol–water partition coefficient (Wildman–Crippen LogP) is 6.32. The zero-order valence-corrected chi connectivity index (χ0v) is 21.4. The van der Waals surface area contributed by atoms with Crippen molar-refractivity contribution in [3.05, 3.63) is 76.3 Å². The number of aromatic amines is 1. The van der Waals surface area contributed by atoms with Crippen molar-refractivity contribution < 1.29 is 4.79 Å². The fraction of sp³-hybridized carbons (Fsp3) is 0.259. The summed E-state index contributed by atoms with van der Waals surface area (Å²) in [5.74, 6) is 0.366. The number of H-pyrrole nitrogens is 1. The number of hydrogen-bond donors (Lipinski definition) is 2. The third kappa shape index (κ3) is 4.74. The van der Waals surface area contributed by atoms with Crippen molar-refractivity contribution in [1.29, 1.82) is 0 Å². The monoisotopic (exact) mass is 507 g/mol. The summed E-state index contributed by atoms with van der Waals surface area (Å²) in [4.78, 5) is 25.7. The van der Waals surface area contributed by atoms with Gasteiger partial charge in [-0.3, -0.25) is 9.69 Å². The van der Waals surface area contributed by atoms with Gasteiger partial charge in [-0.2, -0.15) is 0 Å². The summed E-state index contributed by atoms with van der Waals surface area (Å²) in [6.45, 7) is 6.27. The minimum atomic E-state index is -0.278. The van der Waals surface area contributed by atoms with Crippen LogP contribution in [0.25, 0.3) is 22.4 Å². The topological polar surface area (TPSA) is 64.3 Å². The van der Waals surface area contributed by atoms with Gasteiger partial charge in [0.2, 0.25) is 0 Å². The molecular weight excluding hydrogens is 481 g/mol. The molecule has 0 bridgehead atoms. The number of nitrogens with one attached hydrogen (secondary N) is 2. The van der Waals surface area contributed by atoms with Crippen LogP contribution < -0.4 is 10.2 Å². The van der Waals surface area contributed by atoms with Crippen LogP contribution in [-0.4, -0.2) is 53.0 Å². The molecule has 8 heteroatoms. The van der Waals surface area contributed by atoms with E-state index in [0.29, 0.717) is 44.8 Å². The van der Waals surface area contributed by atoms with E-state index in [-0.39, 0.29) is 5.91 Å². The van der Waals surface area contributed by atoms with E-state index in [1.807, 2.05) is 42.5 Å². The highest BCUT2D eigenvalue weighted by molar-refractivity contribution is 6.35. The van der Waals surface area contributed by atoms with Crippen molar-refractivity contribution in [3.63, 3.8) is 0 Å². The number of likely N-dealkylation sites (N-methyl/N-ethyl adjacent to an activating group) is 1. The Bertz CT molecular complexity index is 1360. The number of para-hydroxylation sites is 2. The molecule has 4 aromatic rings. The minimum absolute atomic E-state index is 0.278. The van der Waals surface area contributed by atoms with E-state index in [1.165, 1.54) is 0 Å². The van der Waals surface area contributed by atoms with Crippen LogP contribution in [0.2, 0.25) is 10.0 Å². The molecule has 0 aliphatic carbocycles. The summed E-state index contributed by atoms with van der Waals surface area (Å²) < 4.78 is 0. The van der Waals surface area contributed by atoms with Gasteiger partial charge in [-0.25, -0.2) is 4.98 Å². The third-order valence-electron chi connectivity index (χ3n) is 6.79. The Balaban J connectivity index is 1.36. The Morgan fingerprint density at radius 3 is 2.46 bits per heavy atom. The Kier molecular flexibility index (Phi) is 6.45. The van der Waals surface area contributed by atoms with Crippen molar-refractivity contribution in [2.45, 2.75) is 25.9 Å². The highest BCUT2D eigenvalue weighted by Crippen LogP contribution is 2.31. The molecule has 0 saturated carbocycles. The summed E-state index contributed by atoms with van der Waals surface area (Å²) >= 11 is 13.0. The number of imidazole rings is 1. The molecule has 0 unspecified atom stereocenters. The molecule has 2 N–H and O–H groups in total. The Morgan fingerprint density at radius 1 is 1.00 bits per heavy atom. The van der Waals surface area contributed by atoms with Gasteiger partial charge >= 0.3 is 0 Å². The Morgan fingerprint density at radius 2 is 1.74 bits per heavy atom. The Labute approximate surface area is 214 Å². The predicted molar refractivity (Wildman–Crippen MR) is 145 cm³/mol. The molecule has 1 aliphatic rings. The maximum atomic E-state index is 13.1. The van der Waals surface area contributed by atoms with Crippen LogP contribution in [0.4, 0.5) is 11.4 Å². The molecule has 1 aromatic heterocycles. The number of halogens is 2. The number of piperazine rings is 1. The first-order valence-electron chi connectivity index (χ1n) is 11.6. The van der Waals surface area contributed by atoms with E-state index in [2.05, 4.69) is 46.0 Å². The molecule has 3 aromatic carbocycles. The largest absolute Gasteiger partial charge is 0.368 e. The van der Waals surface area contributed by atoms with Crippen LogP contribution in [0, 0.1) is 0 Å². The summed E-state index contributed by atoms with van der Waals surface area (Å²) in [7, 11) is 2.16. The van der Waals surface area contributed by atoms with Crippen molar-refractivity contribution in [2.24, 2.45) is 0 Å². The van der Waals surface area contributed by atoms with Gasteiger partial charge < -0.3 is 15.2 Å². The quantitative estimate of drug-likeness (QED) is 0.339. The molecule has 2 atom stereocenters. The summed E-state index contributed by atoms with van der Waals surface area (Å²) in [6, 6.07) is 19.6. The smallest absolute Gasteiger partial charge is 0.257 e. The van der Waals surface area contributed by atoms with E-state index < -0.39 is 0 Å². The highest BCUT2D eigenvalue weighted by atomic mass is 35.5. The number of aromatic nitrogens is 2. The van der Waals surface area contributed by atoms with Gasteiger partial charge in [-0.15, -0.1) is 0 Å². The number of anilines is 2. The van der Waals surface area contributed by atoms with Crippen LogP contribution in [0.3, 0.4) is 0 Å². The lowest BCUT2D eigenvalue weighted by molar-refractivity contribution is 0.102. The van der Waals surface area contributed by atoms with Crippen LogP contribution in [0.15, 0.2) is 60.7 Å². The maximum Gasteiger partial charge on any atom is 0.257 e. The second-order valence-electron chi connectivity index (χ2n) is 9.18. The van der Waals surface area contributed by atoms with Gasteiger partial charge in [0.05, 0.1) is 26.6 Å². The molecule has 6 nitrogen and oxygen atoms in total. The molecule has 2 heterocycles. The highest BCUT2D eigenvalue weighted by Gasteiger charge is 2.27. The zero-order valence-electron chi connectivity index (χ0n) is 19.8. The summed E-state index contributed by atoms with van der Waals surface area (Å²) in [6.07, 6.45) is 0. The van der Waals surface area contributed by atoms with Crippen molar-refractivity contribution in [1.82, 2.24) is 14.9 Å². The van der Waals surface area contributed by atoms with E-state index in [9.17, 15) is 4.79 Å². The van der Waals surface area contributed by atoms with Crippen molar-refractivity contribution in [2.75, 3.05) is 30.4 Å². The lowest BCUT2D eigenvalue weighted by Gasteiger charge is -2.43. The summed E-state index contributed by atoms with van der Waals surface area (Å²) in [5, 5.41) is 3.91. The number of carbonyl (C=O) groups excluding carboxylic acids is 1. The van der Waals surface area contributed by atoms with Crippen LogP contribution in [0.1, 0.15) is 24.2 Å². The molecular formula is C27H27Cl2N5O. The molecule has 1 amide bonds. The molecule has 5 rings (SSSR count). The van der Waals surface area contributed by atoms with Gasteiger partial charge in [-0.1, -0.05) is 35.3 Å². The average Bonchev–Trinajstić information content (AvgIpc) is 3.27. The first kappa shape index (κ1) is 23.7. The van der Waals surface area contributed by atoms with E-state index >= 15 is 0 Å². The van der Waals surface area contributed by atoms with Crippen molar-refractivity contribution >= 4 is 51.5 Å². The van der Waals surface area contributed by atoms with Gasteiger partial charge in [0.1, 0.15) is 5.82 Å². The first-order chi connectivity index (χ1) is 16.8. The fourth-order valence-corrected chi connectivity index (χ4v) is 5.03. The van der Waals surface area contributed by atoms with Crippen LogP contribution in [0.5, 0.6) is 0 Å². The molecule has 180 valence electrons. The van der Waals surface area contributed by atoms with E-state index in [0.717, 1.165) is 29.8 Å². The summed E-state index contributed by atoms with van der Waals surface area (Å²) in [5.41, 5.74) is 4.54. The number of amides is 1. The number of hydrogen-bond acceptors (Lipinski definition) is 4. The average molecular weight is 508 g/mol. The number of nitrogens with zero attached hydrogens (tertiary/aromatic N) is 3. The second kappa shape index (κ2) is 9.53. The standard InChI is InChI=1S/C27H27Cl2N5O/c1-16-14-34(15-17(2)33(16)3)19-9-10-20(23(29)13-19)27(35)30-18-8-11-22(28)21(12-18)26-31-24-6-4-5-7-25(24)32-26/h4-13,16-17H,14-15H2,1-3H3,(H,30,35)(H,31,32)/t16-,17+. The van der Waals surface area contributed by atoms with Gasteiger partial charge in [0, 0.05) is 42.1 Å². The minimum Gasteiger partial charge on any atom is -0.368 e.